The highest BCUT2D eigenvalue weighted by Gasteiger charge is 2.24. The van der Waals surface area contributed by atoms with Crippen LogP contribution in [0.15, 0.2) is 97.1 Å². The summed E-state index contributed by atoms with van der Waals surface area (Å²) >= 11 is 0. The lowest BCUT2D eigenvalue weighted by atomic mass is 9.97. The van der Waals surface area contributed by atoms with Gasteiger partial charge in [-0.2, -0.15) is 4.57 Å². The van der Waals surface area contributed by atoms with Crippen LogP contribution in [0.5, 0.6) is 0 Å². The summed E-state index contributed by atoms with van der Waals surface area (Å²) in [5, 5.41) is 13.3. The SMILES string of the molecule is Cc1ccc(-c2ccc3c(c2)c(C(=O)[O-])c2ccccc2[n+]3CC(=O)OCc2ccccc2)cc1. The van der Waals surface area contributed by atoms with Crippen LogP contribution in [0.4, 0.5) is 0 Å². The summed E-state index contributed by atoms with van der Waals surface area (Å²) < 4.78 is 7.33. The number of esters is 1. The third-order valence-corrected chi connectivity index (χ3v) is 6.14. The molecule has 0 saturated heterocycles. The van der Waals surface area contributed by atoms with Crippen LogP contribution in [-0.2, 0) is 22.7 Å². The summed E-state index contributed by atoms with van der Waals surface area (Å²) in [4.78, 5) is 25.1. The molecule has 0 aliphatic heterocycles. The average Bonchev–Trinajstić information content (AvgIpc) is 2.88. The van der Waals surface area contributed by atoms with Crippen LogP contribution >= 0.6 is 0 Å². The van der Waals surface area contributed by atoms with Crippen molar-refractivity contribution in [1.82, 2.24) is 0 Å². The molecule has 5 nitrogen and oxygen atoms in total. The normalized spacial score (nSPS) is 11.0. The molecule has 0 fully saturated rings. The van der Waals surface area contributed by atoms with Gasteiger partial charge in [0.05, 0.1) is 16.7 Å². The average molecular weight is 462 g/mol. The summed E-state index contributed by atoms with van der Waals surface area (Å²) in [5.74, 6) is -1.67. The molecule has 0 N–H and O–H groups in total. The van der Waals surface area contributed by atoms with Crippen molar-refractivity contribution < 1.29 is 24.0 Å². The molecule has 1 aromatic heterocycles. The topological polar surface area (TPSA) is 70.3 Å². The summed E-state index contributed by atoms with van der Waals surface area (Å²) in [6.07, 6.45) is 0. The Balaban J connectivity index is 1.63. The van der Waals surface area contributed by atoms with Crippen molar-refractivity contribution in [2.24, 2.45) is 0 Å². The van der Waals surface area contributed by atoms with E-state index < -0.39 is 11.9 Å². The highest BCUT2D eigenvalue weighted by molar-refractivity contribution is 6.12. The smallest absolute Gasteiger partial charge is 0.373 e. The molecule has 0 radical (unpaired) electrons. The number of hydrogen-bond donors (Lipinski definition) is 0. The molecule has 0 bridgehead atoms. The highest BCUT2D eigenvalue weighted by Crippen LogP contribution is 2.29. The predicted molar refractivity (Wildman–Crippen MR) is 132 cm³/mol. The molecular weight excluding hydrogens is 438 g/mol. The molecule has 5 aromatic rings. The van der Waals surface area contributed by atoms with Gasteiger partial charge in [0.2, 0.25) is 17.6 Å². The third-order valence-electron chi connectivity index (χ3n) is 6.14. The van der Waals surface area contributed by atoms with Crippen molar-refractivity contribution in [2.75, 3.05) is 0 Å². The lowest BCUT2D eigenvalue weighted by Crippen LogP contribution is -2.41. The zero-order valence-electron chi connectivity index (χ0n) is 19.2. The Bertz CT molecular complexity index is 1560. The number of rotatable bonds is 6. The van der Waals surface area contributed by atoms with Gasteiger partial charge in [-0.05, 0) is 41.8 Å². The van der Waals surface area contributed by atoms with Crippen LogP contribution in [0.1, 0.15) is 21.5 Å². The number of benzene rings is 4. The first-order valence-electron chi connectivity index (χ1n) is 11.4. The number of nitrogens with zero attached hydrogens (tertiary/aromatic N) is 1. The van der Waals surface area contributed by atoms with E-state index in [-0.39, 0.29) is 18.7 Å². The van der Waals surface area contributed by atoms with Crippen molar-refractivity contribution in [1.29, 1.82) is 0 Å². The number of fused-ring (bicyclic) bond motifs is 2. The zero-order chi connectivity index (χ0) is 24.4. The Hall–Kier alpha value is -4.51. The monoisotopic (exact) mass is 461 g/mol. The van der Waals surface area contributed by atoms with Crippen molar-refractivity contribution >= 4 is 33.7 Å². The lowest BCUT2D eigenvalue weighted by molar-refractivity contribution is -0.633. The van der Waals surface area contributed by atoms with Gasteiger partial charge in [0, 0.05) is 17.7 Å². The number of aromatic nitrogens is 1. The number of carbonyl (C=O) groups is 2. The minimum atomic E-state index is -1.26. The van der Waals surface area contributed by atoms with Crippen molar-refractivity contribution in [2.45, 2.75) is 20.1 Å². The third kappa shape index (κ3) is 4.49. The molecule has 35 heavy (non-hydrogen) atoms. The summed E-state index contributed by atoms with van der Waals surface area (Å²) in [5.41, 5.74) is 5.25. The molecule has 0 atom stereocenters. The molecule has 0 amide bonds. The van der Waals surface area contributed by atoms with E-state index in [4.69, 9.17) is 4.74 Å². The van der Waals surface area contributed by atoms with Crippen molar-refractivity contribution in [3.8, 4) is 11.1 Å². The minimum absolute atomic E-state index is 0.0545. The largest absolute Gasteiger partial charge is 0.545 e. The number of carboxylic acid groups (broad SMARTS) is 1. The van der Waals surface area contributed by atoms with Crippen LogP contribution < -0.4 is 9.67 Å². The second kappa shape index (κ2) is 9.39. The van der Waals surface area contributed by atoms with Crippen LogP contribution in [0.3, 0.4) is 0 Å². The van der Waals surface area contributed by atoms with Gasteiger partial charge in [-0.15, -0.1) is 0 Å². The minimum Gasteiger partial charge on any atom is -0.545 e. The second-order valence-corrected chi connectivity index (χ2v) is 8.51. The lowest BCUT2D eigenvalue weighted by Gasteiger charge is -2.14. The van der Waals surface area contributed by atoms with Crippen LogP contribution in [0, 0.1) is 6.92 Å². The van der Waals surface area contributed by atoms with Gasteiger partial charge in [0.15, 0.2) is 0 Å². The van der Waals surface area contributed by atoms with E-state index in [0.29, 0.717) is 21.8 Å². The van der Waals surface area contributed by atoms with Gasteiger partial charge in [-0.3, -0.25) is 0 Å². The van der Waals surface area contributed by atoms with E-state index in [9.17, 15) is 14.7 Å². The zero-order valence-corrected chi connectivity index (χ0v) is 19.2. The Morgan fingerprint density at radius 1 is 0.771 bits per heavy atom. The molecule has 0 unspecified atom stereocenters. The quantitative estimate of drug-likeness (QED) is 0.214. The number of aryl methyl sites for hydroxylation is 1. The number of carboxylic acids is 1. The Morgan fingerprint density at radius 2 is 1.43 bits per heavy atom. The number of carbonyl (C=O) groups excluding carboxylic acids is 2. The molecule has 0 aliphatic carbocycles. The molecule has 4 aromatic carbocycles. The Morgan fingerprint density at radius 3 is 2.17 bits per heavy atom. The van der Waals surface area contributed by atoms with Gasteiger partial charge in [-0.1, -0.05) is 72.3 Å². The fourth-order valence-corrected chi connectivity index (χ4v) is 4.40. The van der Waals surface area contributed by atoms with Gasteiger partial charge >= 0.3 is 5.97 Å². The maximum Gasteiger partial charge on any atom is 0.373 e. The number of ether oxygens (including phenoxy) is 1. The van der Waals surface area contributed by atoms with Gasteiger partial charge in [-0.25, -0.2) is 4.79 Å². The molecular formula is C30H23NO4. The summed E-state index contributed by atoms with van der Waals surface area (Å²) in [6, 6.07) is 30.3. The summed E-state index contributed by atoms with van der Waals surface area (Å²) in [6.45, 7) is 2.14. The Labute approximate surface area is 202 Å². The fraction of sp³-hybridized carbons (Fsp3) is 0.100. The Kier molecular flexibility index (Phi) is 5.98. The van der Waals surface area contributed by atoms with E-state index in [1.165, 1.54) is 0 Å². The maximum atomic E-state index is 12.8. The molecule has 5 rings (SSSR count). The number of hydrogen-bond acceptors (Lipinski definition) is 4. The van der Waals surface area contributed by atoms with E-state index >= 15 is 0 Å². The first kappa shape index (κ1) is 22.3. The molecule has 5 heteroatoms. The molecule has 0 aliphatic rings. The standard InChI is InChI=1S/C30H23NO4/c1-20-11-13-22(14-12-20)23-15-16-27-25(17-23)29(30(33)34)24-9-5-6-10-26(24)31(27)18-28(32)35-19-21-7-3-2-4-8-21/h2-17H,18-19H2,1H3. The van der Waals surface area contributed by atoms with Crippen molar-refractivity contribution in [3.63, 3.8) is 0 Å². The maximum absolute atomic E-state index is 12.8. The first-order chi connectivity index (χ1) is 17.0. The van der Waals surface area contributed by atoms with Crippen molar-refractivity contribution in [3.05, 3.63) is 114 Å². The van der Waals surface area contributed by atoms with Gasteiger partial charge < -0.3 is 14.6 Å². The molecule has 0 saturated carbocycles. The van der Waals surface area contributed by atoms with Crippen LogP contribution in [-0.4, -0.2) is 11.9 Å². The number of pyridine rings is 1. The summed E-state index contributed by atoms with van der Waals surface area (Å²) in [7, 11) is 0. The molecule has 1 heterocycles. The van der Waals surface area contributed by atoms with Crippen LogP contribution in [0.25, 0.3) is 32.9 Å². The van der Waals surface area contributed by atoms with Crippen LogP contribution in [0.2, 0.25) is 0 Å². The highest BCUT2D eigenvalue weighted by atomic mass is 16.5. The van der Waals surface area contributed by atoms with Gasteiger partial charge in [0.1, 0.15) is 6.61 Å². The first-order valence-corrected chi connectivity index (χ1v) is 11.4. The molecule has 172 valence electrons. The number of aromatic carboxylic acids is 1. The second-order valence-electron chi connectivity index (χ2n) is 8.51. The predicted octanol–water partition coefficient (Wildman–Crippen LogP) is 4.36. The van der Waals surface area contributed by atoms with E-state index in [1.54, 1.807) is 18.2 Å². The van der Waals surface area contributed by atoms with E-state index in [0.717, 1.165) is 22.3 Å². The van der Waals surface area contributed by atoms with E-state index in [2.05, 4.69) is 0 Å². The number of para-hydroxylation sites is 1. The van der Waals surface area contributed by atoms with Gasteiger partial charge in [0.25, 0.3) is 0 Å². The molecule has 0 spiro atoms. The van der Waals surface area contributed by atoms with E-state index in [1.807, 2.05) is 90.4 Å². The fourth-order valence-electron chi connectivity index (χ4n) is 4.40.